The molecule has 0 saturated heterocycles. The van der Waals surface area contributed by atoms with Crippen molar-refractivity contribution in [1.29, 1.82) is 10.8 Å². The molecule has 6 aromatic rings. The lowest BCUT2D eigenvalue weighted by Crippen LogP contribution is -2.36. The largest absolute Gasteiger partial charge is 0.326 e. The monoisotopic (exact) mass is 754 g/mol. The normalized spacial score (nSPS) is 13.2. The smallest absolute Gasteiger partial charge is 0.295 e. The quantitative estimate of drug-likeness (QED) is 0.0771. The van der Waals surface area contributed by atoms with Crippen molar-refractivity contribution in [3.05, 3.63) is 136 Å². The van der Waals surface area contributed by atoms with E-state index >= 15 is 0 Å². The summed E-state index contributed by atoms with van der Waals surface area (Å²) in [5.41, 5.74) is 2.27. The van der Waals surface area contributed by atoms with Crippen LogP contribution in [0.15, 0.2) is 116 Å². The van der Waals surface area contributed by atoms with Gasteiger partial charge in [-0.15, -0.1) is 0 Å². The maximum Gasteiger partial charge on any atom is 0.295 e. The Kier molecular flexibility index (Phi) is 10.1. The van der Waals surface area contributed by atoms with Gasteiger partial charge in [0.15, 0.2) is 0 Å². The summed E-state index contributed by atoms with van der Waals surface area (Å²) in [6.07, 6.45) is 2.48. The molecule has 2 heterocycles. The summed E-state index contributed by atoms with van der Waals surface area (Å²) < 4.78 is 69.9. The number of rotatable bonds is 9. The average molecular weight is 755 g/mol. The molecule has 0 unspecified atom stereocenters. The number of aromatic amines is 5. The third-order valence-electron chi connectivity index (χ3n) is 7.21. The fourth-order valence-electron chi connectivity index (χ4n) is 4.84. The summed E-state index contributed by atoms with van der Waals surface area (Å²) in [4.78, 5) is 29.6. The molecule has 53 heavy (non-hydrogen) atoms. The lowest BCUT2D eigenvalue weighted by molar-refractivity contribution is 0.480. The number of anilines is 2. The molecular weight excluding hydrogens is 725 g/mol. The summed E-state index contributed by atoms with van der Waals surface area (Å²) >= 11 is 0. The van der Waals surface area contributed by atoms with E-state index < -0.39 is 30.0 Å². The molecule has 18 nitrogen and oxygen atoms in total. The Hall–Kier alpha value is -6.74. The van der Waals surface area contributed by atoms with Crippen LogP contribution in [-0.4, -0.2) is 55.8 Å². The van der Waals surface area contributed by atoms with E-state index in [1.165, 1.54) is 36.4 Å². The van der Waals surface area contributed by atoms with Crippen molar-refractivity contribution >= 4 is 61.1 Å². The summed E-state index contributed by atoms with van der Waals surface area (Å²) in [5, 5.41) is 19.1. The first-order valence-electron chi connectivity index (χ1n) is 15.3. The fourth-order valence-corrected chi connectivity index (χ4v) is 6.25. The lowest BCUT2D eigenvalue weighted by atomic mass is 10.1. The fraction of sp³-hybridized carbons (Fsp3) is 0.0303. The van der Waals surface area contributed by atoms with Gasteiger partial charge in [0, 0.05) is 5.69 Å². The third-order valence-corrected chi connectivity index (χ3v) is 9.03. The van der Waals surface area contributed by atoms with Gasteiger partial charge in [-0.2, -0.15) is 21.8 Å². The van der Waals surface area contributed by atoms with Crippen molar-refractivity contribution in [3.63, 3.8) is 0 Å². The Morgan fingerprint density at radius 3 is 1.68 bits per heavy atom. The average Bonchev–Trinajstić information content (AvgIpc) is 3.08. The minimum Gasteiger partial charge on any atom is -0.326 e. The minimum absolute atomic E-state index is 0.0329. The van der Waals surface area contributed by atoms with Crippen LogP contribution in [0.1, 0.15) is 16.7 Å². The van der Waals surface area contributed by atoms with Gasteiger partial charge in [-0.3, -0.25) is 44.8 Å². The van der Waals surface area contributed by atoms with Crippen molar-refractivity contribution < 1.29 is 25.9 Å². The predicted molar refractivity (Wildman–Crippen MR) is 192 cm³/mol. The molecule has 0 bridgehead atoms. The number of hydrogen-bond acceptors (Lipinski definition) is 11. The molecule has 0 aliphatic carbocycles. The molecule has 0 atom stereocenters. The molecule has 0 aliphatic rings. The maximum atomic E-state index is 12.4. The molecule has 0 spiro atoms. The molecule has 6 rings (SSSR count). The van der Waals surface area contributed by atoms with Crippen molar-refractivity contribution in [2.75, 3.05) is 5.32 Å². The first kappa shape index (κ1) is 36.1. The van der Waals surface area contributed by atoms with Gasteiger partial charge in [0.2, 0.25) is 34.0 Å². The molecule has 0 saturated carbocycles. The Morgan fingerprint density at radius 2 is 1.15 bits per heavy atom. The zero-order valence-electron chi connectivity index (χ0n) is 27.4. The number of H-pyrrole nitrogens is 5. The minimum atomic E-state index is -4.83. The number of aromatic nitrogens is 6. The lowest BCUT2D eigenvalue weighted by Gasteiger charge is -2.07. The maximum absolute atomic E-state index is 12.4. The first-order chi connectivity index (χ1) is 25.2. The molecule has 0 amide bonds. The second kappa shape index (κ2) is 14.9. The highest BCUT2D eigenvalue weighted by Crippen LogP contribution is 2.27. The zero-order chi connectivity index (χ0) is 37.8. The highest BCUT2D eigenvalue weighted by Gasteiger charge is 2.17. The number of nitrogens with zero attached hydrogens (tertiary/aromatic N) is 4. The Balaban J connectivity index is 1.34. The Bertz CT molecular complexity index is 2930. The van der Waals surface area contributed by atoms with Crippen LogP contribution in [0.25, 0.3) is 12.2 Å². The van der Waals surface area contributed by atoms with E-state index in [1.807, 2.05) is 37.3 Å². The molecule has 0 radical (unpaired) electrons. The van der Waals surface area contributed by atoms with E-state index in [2.05, 4.69) is 50.2 Å². The van der Waals surface area contributed by atoms with E-state index in [9.17, 15) is 25.9 Å². The van der Waals surface area contributed by atoms with Crippen LogP contribution >= 0.6 is 0 Å². The zero-order valence-corrected chi connectivity index (χ0v) is 29.1. The molecule has 10 N–H and O–H groups in total. The molecule has 0 fully saturated rings. The summed E-state index contributed by atoms with van der Waals surface area (Å²) in [5.74, 6) is 0.183. The summed E-state index contributed by atoms with van der Waals surface area (Å²) in [6.45, 7) is 1.94. The van der Waals surface area contributed by atoms with Crippen molar-refractivity contribution in [2.45, 2.75) is 16.7 Å². The standard InChI is InChI=1S/C33H30N12O6S2/c1-19-7-13-23(14-8-19)37-31-41-29(35)43-33(45-31)39-25-16-12-21(27(18-25)53(49,50)51)10-9-20-11-15-24(17-26(20)52(46,47)48)38-32-42-28(34)40-30(44-32)36-22-5-3-2-4-6-22/h2-18H,1H3,(H,46,47,48)(H,49,50,51)(H4,34,36,38,40,42,44)(H4,35,37,39,41,43,45)/b10-9+. The second-order valence-electron chi connectivity index (χ2n) is 11.2. The van der Waals surface area contributed by atoms with Crippen LogP contribution in [0.5, 0.6) is 0 Å². The van der Waals surface area contributed by atoms with Crippen molar-refractivity contribution in [3.8, 4) is 0 Å². The number of aryl methyl sites for hydroxylation is 1. The molecular formula is C33H30N12O6S2. The van der Waals surface area contributed by atoms with Crippen LogP contribution in [0.2, 0.25) is 0 Å². The van der Waals surface area contributed by atoms with Gasteiger partial charge in [-0.25, -0.2) is 15.0 Å². The highest BCUT2D eigenvalue weighted by molar-refractivity contribution is 7.86. The van der Waals surface area contributed by atoms with Crippen LogP contribution < -0.4 is 33.4 Å². The van der Waals surface area contributed by atoms with E-state index in [-0.39, 0.29) is 56.5 Å². The van der Waals surface area contributed by atoms with Crippen LogP contribution in [0, 0.1) is 17.7 Å². The second-order valence-corrected chi connectivity index (χ2v) is 14.0. The Morgan fingerprint density at radius 1 is 0.642 bits per heavy atom. The van der Waals surface area contributed by atoms with E-state index in [4.69, 9.17) is 10.8 Å². The Labute approximate surface area is 299 Å². The van der Waals surface area contributed by atoms with Gasteiger partial charge in [-0.1, -0.05) is 60.2 Å². The topological polar surface area (TPSA) is 297 Å². The summed E-state index contributed by atoms with van der Waals surface area (Å²) in [7, 11) is -9.66. The van der Waals surface area contributed by atoms with Gasteiger partial charge in [0.05, 0.1) is 17.1 Å². The van der Waals surface area contributed by atoms with E-state index in [1.54, 1.807) is 24.3 Å². The third kappa shape index (κ3) is 9.53. The van der Waals surface area contributed by atoms with E-state index in [0.717, 1.165) is 17.7 Å². The van der Waals surface area contributed by atoms with Gasteiger partial charge in [-0.05, 0) is 66.6 Å². The molecule has 0 aliphatic heterocycles. The number of hydrogen-bond donors (Lipinski definition) is 10. The highest BCUT2D eigenvalue weighted by atomic mass is 32.2. The summed E-state index contributed by atoms with van der Waals surface area (Å²) in [6, 6.07) is 24.0. The molecule has 4 aromatic carbocycles. The van der Waals surface area contributed by atoms with E-state index in [0.29, 0.717) is 11.4 Å². The van der Waals surface area contributed by atoms with Gasteiger partial charge in [0.1, 0.15) is 9.79 Å². The number of para-hydroxylation sites is 1. The molecule has 2 aromatic heterocycles. The first-order valence-corrected chi connectivity index (χ1v) is 18.2. The predicted octanol–water partition coefficient (Wildman–Crippen LogP) is 3.09. The number of benzene rings is 4. The van der Waals surface area contributed by atoms with Crippen molar-refractivity contribution in [2.24, 2.45) is 15.0 Å². The van der Waals surface area contributed by atoms with Gasteiger partial charge >= 0.3 is 0 Å². The van der Waals surface area contributed by atoms with Crippen LogP contribution in [-0.2, 0) is 20.2 Å². The van der Waals surface area contributed by atoms with Crippen LogP contribution in [0.4, 0.5) is 28.7 Å². The molecule has 270 valence electrons. The van der Waals surface area contributed by atoms with Crippen molar-refractivity contribution in [1.82, 2.24) is 29.9 Å². The van der Waals surface area contributed by atoms with Gasteiger partial charge < -0.3 is 5.32 Å². The van der Waals surface area contributed by atoms with Gasteiger partial charge in [0.25, 0.3) is 20.2 Å². The molecule has 20 heteroatoms. The number of nitrogens with one attached hydrogen (secondary N) is 8. The SMILES string of the molecule is Cc1ccc(Nc2nc(=N)[nH]c(=Nc3ccc(/C=C/c4ccc(N=c5[nH]c(=N)[nH]c(=Nc6ccccc6)[nH]5)cc4S(=O)(=O)O)c(S(=O)(=O)O)c3)[nH]2)cc1. The van der Waals surface area contributed by atoms with Crippen LogP contribution in [0.3, 0.4) is 0 Å².